The molecule has 1 unspecified atom stereocenters. The molecule has 15 heteroatoms. The van der Waals surface area contributed by atoms with E-state index in [2.05, 4.69) is 10.1 Å². The zero-order chi connectivity index (χ0) is 27.7. The minimum absolute atomic E-state index is 0.0505. The van der Waals surface area contributed by atoms with Crippen LogP contribution in [0.4, 0.5) is 0 Å². The van der Waals surface area contributed by atoms with Crippen molar-refractivity contribution >= 4 is 30.6 Å². The number of hydrogen-bond donors (Lipinski definition) is 3. The third-order valence-electron chi connectivity index (χ3n) is 6.08. The Bertz CT molecular complexity index is 1170. The standard InChI is InChI=1S/C22H34N3O10PS/c1-11(2)20(29)37-10-9-32-36(31,24-13(5)19(28)33-12(3)4)35-17-16-22(17,6)15(27)18(34-16)25-8-7-14(26)23-21(25)30/h7-8,11-13,15-18,27H,9-10H2,1-6H3,(H,24,31)(H,23,26,30)/t13-,15-,16+,17?,18+,22+,36+/m0/s1. The minimum atomic E-state index is -4.16. The topological polar surface area (TPSA) is 175 Å². The van der Waals surface area contributed by atoms with Gasteiger partial charge in [-0.05, 0) is 20.8 Å². The Morgan fingerprint density at radius 3 is 2.51 bits per heavy atom. The van der Waals surface area contributed by atoms with Crippen molar-refractivity contribution in [3.63, 3.8) is 0 Å². The number of nitrogens with zero attached hydrogens (tertiary/aromatic N) is 1. The first-order chi connectivity index (χ1) is 17.2. The van der Waals surface area contributed by atoms with Crippen LogP contribution in [-0.2, 0) is 32.7 Å². The molecule has 2 aliphatic rings. The lowest BCUT2D eigenvalue weighted by Crippen LogP contribution is -2.40. The second-order valence-electron chi connectivity index (χ2n) is 9.79. The van der Waals surface area contributed by atoms with Gasteiger partial charge in [0, 0.05) is 23.9 Å². The Morgan fingerprint density at radius 1 is 1.30 bits per heavy atom. The molecule has 3 rings (SSSR count). The fourth-order valence-corrected chi connectivity index (χ4v) is 6.46. The maximum atomic E-state index is 13.7. The van der Waals surface area contributed by atoms with E-state index in [0.717, 1.165) is 22.4 Å². The second kappa shape index (κ2) is 11.5. The first-order valence-corrected chi connectivity index (χ1v) is 14.5. The number of hydrogen-bond acceptors (Lipinski definition) is 11. The van der Waals surface area contributed by atoms with Crippen molar-refractivity contribution < 1.29 is 37.8 Å². The first-order valence-electron chi connectivity index (χ1n) is 11.9. The summed E-state index contributed by atoms with van der Waals surface area (Å²) < 4.78 is 37.0. The number of aliphatic hydroxyl groups is 1. The van der Waals surface area contributed by atoms with Gasteiger partial charge in [-0.25, -0.2) is 14.4 Å². The van der Waals surface area contributed by atoms with Gasteiger partial charge in [0.2, 0.25) is 0 Å². The Hall–Kier alpha value is -1.80. The van der Waals surface area contributed by atoms with E-state index in [0.29, 0.717) is 0 Å². The van der Waals surface area contributed by atoms with Gasteiger partial charge in [0.15, 0.2) is 11.3 Å². The van der Waals surface area contributed by atoms with E-state index < -0.39 is 67.1 Å². The SMILES string of the molecule is CC(C)OC(=O)[C@H](C)N[P@@](=O)(OCCSC(=O)C(C)C)OC1[C@H]2O[C@@H](n3ccc(=O)[nH]c3=O)[C@H](O)[C@@]12C. The van der Waals surface area contributed by atoms with E-state index in [1.54, 1.807) is 34.6 Å². The van der Waals surface area contributed by atoms with Gasteiger partial charge in [0.25, 0.3) is 5.56 Å². The number of carbonyl (C=O) groups excluding carboxylic acids is 2. The Morgan fingerprint density at radius 2 is 1.97 bits per heavy atom. The summed E-state index contributed by atoms with van der Waals surface area (Å²) in [4.78, 5) is 49.8. The number of aromatic nitrogens is 2. The largest absolute Gasteiger partial charge is 0.462 e. The van der Waals surface area contributed by atoms with E-state index in [1.807, 2.05) is 0 Å². The number of thioether (sulfide) groups is 1. The molecule has 0 aromatic carbocycles. The van der Waals surface area contributed by atoms with Gasteiger partial charge in [-0.3, -0.25) is 33.0 Å². The highest BCUT2D eigenvalue weighted by atomic mass is 32.2. The van der Waals surface area contributed by atoms with Crippen molar-refractivity contribution in [3.8, 4) is 0 Å². The maximum absolute atomic E-state index is 13.7. The number of rotatable bonds is 12. The highest BCUT2D eigenvalue weighted by Gasteiger charge is 2.76. The van der Waals surface area contributed by atoms with Crippen molar-refractivity contribution in [2.45, 2.75) is 78.2 Å². The van der Waals surface area contributed by atoms with Gasteiger partial charge < -0.3 is 14.6 Å². The molecule has 0 radical (unpaired) electrons. The fourth-order valence-electron chi connectivity index (χ4n) is 3.89. The third-order valence-corrected chi connectivity index (χ3v) is 8.94. The maximum Gasteiger partial charge on any atom is 0.406 e. The molecule has 37 heavy (non-hydrogen) atoms. The van der Waals surface area contributed by atoms with Crippen LogP contribution < -0.4 is 16.3 Å². The molecule has 1 aliphatic heterocycles. The molecule has 2 fully saturated rings. The number of H-pyrrole nitrogens is 1. The van der Waals surface area contributed by atoms with E-state index in [9.17, 15) is 28.8 Å². The number of ether oxygens (including phenoxy) is 2. The number of aromatic amines is 1. The molecule has 13 nitrogen and oxygen atoms in total. The zero-order valence-electron chi connectivity index (χ0n) is 21.5. The summed E-state index contributed by atoms with van der Waals surface area (Å²) in [5.74, 6) is -0.634. The molecule has 1 aliphatic carbocycles. The summed E-state index contributed by atoms with van der Waals surface area (Å²) in [6.07, 6.45) is -3.16. The van der Waals surface area contributed by atoms with Gasteiger partial charge in [-0.2, -0.15) is 0 Å². The van der Waals surface area contributed by atoms with Crippen LogP contribution in [0.1, 0.15) is 47.8 Å². The van der Waals surface area contributed by atoms with Crippen molar-refractivity contribution in [1.29, 1.82) is 0 Å². The molecular formula is C22H34N3O10PS. The number of nitrogens with one attached hydrogen (secondary N) is 2. The van der Waals surface area contributed by atoms with E-state index in [1.165, 1.54) is 13.1 Å². The van der Waals surface area contributed by atoms with Crippen LogP contribution in [0.25, 0.3) is 0 Å². The number of carbonyl (C=O) groups is 2. The van der Waals surface area contributed by atoms with Crippen molar-refractivity contribution in [1.82, 2.24) is 14.6 Å². The van der Waals surface area contributed by atoms with Gasteiger partial charge >= 0.3 is 19.4 Å². The lowest BCUT2D eigenvalue weighted by atomic mass is 10.0. The van der Waals surface area contributed by atoms with Crippen LogP contribution in [0.5, 0.6) is 0 Å². The molecular weight excluding hydrogens is 529 g/mol. The van der Waals surface area contributed by atoms with Gasteiger partial charge in [-0.1, -0.05) is 32.5 Å². The molecule has 0 amide bonds. The molecule has 2 heterocycles. The summed E-state index contributed by atoms with van der Waals surface area (Å²) in [6, 6.07) is 0.0755. The van der Waals surface area contributed by atoms with Crippen molar-refractivity contribution in [3.05, 3.63) is 33.1 Å². The molecule has 0 spiro atoms. The average Bonchev–Trinajstić information content (AvgIpc) is 3.24. The van der Waals surface area contributed by atoms with E-state index in [4.69, 9.17) is 18.5 Å². The van der Waals surface area contributed by atoms with Crippen LogP contribution >= 0.6 is 19.5 Å². The molecule has 1 saturated heterocycles. The lowest BCUT2D eigenvalue weighted by molar-refractivity contribution is -0.149. The summed E-state index contributed by atoms with van der Waals surface area (Å²) >= 11 is 1.03. The van der Waals surface area contributed by atoms with Crippen molar-refractivity contribution in [2.24, 2.45) is 11.3 Å². The molecule has 1 saturated carbocycles. The van der Waals surface area contributed by atoms with E-state index >= 15 is 0 Å². The fraction of sp³-hybridized carbons (Fsp3) is 0.727. The van der Waals surface area contributed by atoms with Crippen LogP contribution in [0.3, 0.4) is 0 Å². The Labute approximate surface area is 218 Å². The van der Waals surface area contributed by atoms with Gasteiger partial charge in [0.05, 0.1) is 24.2 Å². The zero-order valence-corrected chi connectivity index (χ0v) is 23.2. The minimum Gasteiger partial charge on any atom is -0.462 e. The predicted octanol–water partition coefficient (Wildman–Crippen LogP) is 1.17. The van der Waals surface area contributed by atoms with Gasteiger partial charge in [-0.15, -0.1) is 0 Å². The van der Waals surface area contributed by atoms with Crippen LogP contribution in [0.15, 0.2) is 21.9 Å². The highest BCUT2D eigenvalue weighted by molar-refractivity contribution is 8.13. The Kier molecular flexibility index (Phi) is 9.26. The quantitative estimate of drug-likeness (QED) is 0.188. The van der Waals surface area contributed by atoms with E-state index in [-0.39, 0.29) is 23.4 Å². The average molecular weight is 564 g/mol. The molecule has 7 atom stereocenters. The smallest absolute Gasteiger partial charge is 0.406 e. The monoisotopic (exact) mass is 563 g/mol. The Balaban J connectivity index is 1.71. The molecule has 3 N–H and O–H groups in total. The molecule has 0 bridgehead atoms. The third kappa shape index (κ3) is 6.62. The van der Waals surface area contributed by atoms with Crippen LogP contribution in [0.2, 0.25) is 0 Å². The normalized spacial score (nSPS) is 29.1. The molecule has 208 valence electrons. The molecule has 1 aromatic rings. The molecule has 1 aromatic heterocycles. The summed E-state index contributed by atoms with van der Waals surface area (Å²) in [7, 11) is -4.16. The van der Waals surface area contributed by atoms with Crippen LogP contribution in [-0.4, -0.2) is 68.6 Å². The van der Waals surface area contributed by atoms with Gasteiger partial charge in [0.1, 0.15) is 18.2 Å². The first kappa shape index (κ1) is 29.8. The lowest BCUT2D eigenvalue weighted by Gasteiger charge is -2.27. The summed E-state index contributed by atoms with van der Waals surface area (Å²) in [5.41, 5.74) is -2.39. The number of fused-ring (bicyclic) bond motifs is 1. The summed E-state index contributed by atoms with van der Waals surface area (Å²) in [6.45, 7) is 9.85. The van der Waals surface area contributed by atoms with Crippen LogP contribution in [0, 0.1) is 11.3 Å². The predicted molar refractivity (Wildman–Crippen MR) is 134 cm³/mol. The highest BCUT2D eigenvalue weighted by Crippen LogP contribution is 2.66. The second-order valence-corrected chi connectivity index (χ2v) is 12.6. The number of esters is 1. The summed E-state index contributed by atoms with van der Waals surface area (Å²) in [5, 5.41) is 13.5. The number of aliphatic hydroxyl groups excluding tert-OH is 1. The van der Waals surface area contributed by atoms with Crippen molar-refractivity contribution in [2.75, 3.05) is 12.4 Å².